The van der Waals surface area contributed by atoms with Crippen molar-refractivity contribution in [2.45, 2.75) is 32.5 Å². The molecule has 0 saturated carbocycles. The van der Waals surface area contributed by atoms with E-state index < -0.39 is 6.61 Å². The van der Waals surface area contributed by atoms with E-state index in [2.05, 4.69) is 10.1 Å². The Balaban J connectivity index is 2.06. The van der Waals surface area contributed by atoms with Gasteiger partial charge >= 0.3 is 6.61 Å². The van der Waals surface area contributed by atoms with Gasteiger partial charge in [0.2, 0.25) is 0 Å². The Hall–Kier alpha value is -2.01. The number of halogens is 3. The zero-order chi connectivity index (χ0) is 15.9. The first-order valence-corrected chi connectivity index (χ1v) is 7.11. The van der Waals surface area contributed by atoms with E-state index in [4.69, 9.17) is 0 Å². The maximum atomic E-state index is 13.0. The van der Waals surface area contributed by atoms with Gasteiger partial charge in [0.25, 0.3) is 0 Å². The minimum absolute atomic E-state index is 0.0141. The van der Waals surface area contributed by atoms with E-state index in [9.17, 15) is 13.2 Å². The predicted molar refractivity (Wildman–Crippen MR) is 79.3 cm³/mol. The SMILES string of the molecule is CCC(NCc1ccccc1OC(F)F)c1ccc(F)cc1. The zero-order valence-corrected chi connectivity index (χ0v) is 12.2. The molecule has 118 valence electrons. The predicted octanol–water partition coefficient (Wildman–Crippen LogP) is 4.67. The molecule has 2 aromatic rings. The smallest absolute Gasteiger partial charge is 0.387 e. The lowest BCUT2D eigenvalue weighted by molar-refractivity contribution is -0.0505. The number of para-hydroxylation sites is 1. The normalized spacial score (nSPS) is 12.4. The molecule has 1 N–H and O–H groups in total. The molecule has 0 heterocycles. The topological polar surface area (TPSA) is 21.3 Å². The van der Waals surface area contributed by atoms with Gasteiger partial charge in [0.1, 0.15) is 11.6 Å². The van der Waals surface area contributed by atoms with Crippen LogP contribution in [0.2, 0.25) is 0 Å². The highest BCUT2D eigenvalue weighted by atomic mass is 19.3. The molecule has 2 rings (SSSR count). The average molecular weight is 309 g/mol. The Kier molecular flexibility index (Phi) is 5.83. The molecule has 0 aliphatic rings. The van der Waals surface area contributed by atoms with Crippen LogP contribution in [0.5, 0.6) is 5.75 Å². The molecular formula is C17H18F3NO. The van der Waals surface area contributed by atoms with Crippen LogP contribution in [0.25, 0.3) is 0 Å². The molecule has 0 bridgehead atoms. The van der Waals surface area contributed by atoms with Crippen molar-refractivity contribution < 1.29 is 17.9 Å². The summed E-state index contributed by atoms with van der Waals surface area (Å²) in [5.74, 6) is -0.117. The first kappa shape index (κ1) is 16.4. The van der Waals surface area contributed by atoms with Gasteiger partial charge in [0.05, 0.1) is 0 Å². The quantitative estimate of drug-likeness (QED) is 0.802. The van der Waals surface area contributed by atoms with Gasteiger partial charge in [0.15, 0.2) is 0 Å². The third-order valence-corrected chi connectivity index (χ3v) is 3.41. The number of alkyl halides is 2. The van der Waals surface area contributed by atoms with Crippen LogP contribution < -0.4 is 10.1 Å². The van der Waals surface area contributed by atoms with Gasteiger partial charge in [-0.1, -0.05) is 37.3 Å². The lowest BCUT2D eigenvalue weighted by atomic mass is 10.0. The molecule has 2 nitrogen and oxygen atoms in total. The number of rotatable bonds is 7. The Morgan fingerprint density at radius 2 is 1.73 bits per heavy atom. The van der Waals surface area contributed by atoms with Crippen LogP contribution in [0.15, 0.2) is 48.5 Å². The van der Waals surface area contributed by atoms with Gasteiger partial charge in [0, 0.05) is 18.2 Å². The molecule has 5 heteroatoms. The lowest BCUT2D eigenvalue weighted by Gasteiger charge is -2.19. The van der Waals surface area contributed by atoms with Gasteiger partial charge in [-0.3, -0.25) is 0 Å². The maximum absolute atomic E-state index is 13.0. The summed E-state index contributed by atoms with van der Waals surface area (Å²) in [4.78, 5) is 0. The van der Waals surface area contributed by atoms with Crippen molar-refractivity contribution >= 4 is 0 Å². The summed E-state index contributed by atoms with van der Waals surface area (Å²) < 4.78 is 42.3. The van der Waals surface area contributed by atoms with Crippen molar-refractivity contribution in [3.8, 4) is 5.75 Å². The molecule has 0 aliphatic heterocycles. The summed E-state index contributed by atoms with van der Waals surface area (Å²) in [5.41, 5.74) is 1.61. The first-order valence-electron chi connectivity index (χ1n) is 7.11. The third-order valence-electron chi connectivity index (χ3n) is 3.41. The Bertz CT molecular complexity index is 587. The summed E-state index contributed by atoms with van der Waals surface area (Å²) in [5, 5.41) is 3.29. The molecule has 1 atom stereocenters. The molecule has 0 saturated heterocycles. The second kappa shape index (κ2) is 7.84. The molecule has 0 amide bonds. The summed E-state index contributed by atoms with van der Waals surface area (Å²) in [6.07, 6.45) is 0.795. The van der Waals surface area contributed by atoms with Crippen molar-refractivity contribution in [1.29, 1.82) is 0 Å². The molecule has 0 radical (unpaired) electrons. The van der Waals surface area contributed by atoms with E-state index in [0.29, 0.717) is 12.1 Å². The standard InChI is InChI=1S/C17H18F3NO/c1-2-15(12-7-9-14(18)10-8-12)21-11-13-5-3-4-6-16(13)22-17(19)20/h3-10,15,17,21H,2,11H2,1H3. The van der Waals surface area contributed by atoms with E-state index in [1.807, 2.05) is 6.92 Å². The number of ether oxygens (including phenoxy) is 1. The van der Waals surface area contributed by atoms with Crippen molar-refractivity contribution in [2.75, 3.05) is 0 Å². The summed E-state index contributed by atoms with van der Waals surface area (Å²) in [6.45, 7) is -0.457. The van der Waals surface area contributed by atoms with E-state index in [0.717, 1.165) is 12.0 Å². The number of nitrogens with one attached hydrogen (secondary N) is 1. The van der Waals surface area contributed by atoms with Crippen LogP contribution in [0.1, 0.15) is 30.5 Å². The van der Waals surface area contributed by atoms with Gasteiger partial charge in [-0.25, -0.2) is 4.39 Å². The molecule has 0 fully saturated rings. The lowest BCUT2D eigenvalue weighted by Crippen LogP contribution is -2.21. The zero-order valence-electron chi connectivity index (χ0n) is 12.2. The fraction of sp³-hybridized carbons (Fsp3) is 0.294. The number of hydrogen-bond donors (Lipinski definition) is 1. The fourth-order valence-electron chi connectivity index (χ4n) is 2.29. The van der Waals surface area contributed by atoms with Crippen LogP contribution >= 0.6 is 0 Å². The van der Waals surface area contributed by atoms with Crippen LogP contribution in [0.3, 0.4) is 0 Å². The minimum Gasteiger partial charge on any atom is -0.434 e. The molecular weight excluding hydrogens is 291 g/mol. The van der Waals surface area contributed by atoms with E-state index in [1.54, 1.807) is 30.3 Å². The van der Waals surface area contributed by atoms with Crippen LogP contribution in [-0.4, -0.2) is 6.61 Å². The second-order valence-corrected chi connectivity index (χ2v) is 4.88. The molecule has 0 aromatic heterocycles. The fourth-order valence-corrected chi connectivity index (χ4v) is 2.29. The van der Waals surface area contributed by atoms with Crippen LogP contribution in [-0.2, 0) is 6.54 Å². The number of benzene rings is 2. The Labute approximate surface area is 127 Å². The van der Waals surface area contributed by atoms with E-state index in [-0.39, 0.29) is 17.6 Å². The Morgan fingerprint density at radius 1 is 1.05 bits per heavy atom. The van der Waals surface area contributed by atoms with Crippen molar-refractivity contribution in [3.63, 3.8) is 0 Å². The van der Waals surface area contributed by atoms with Crippen molar-refractivity contribution in [1.82, 2.24) is 5.32 Å². The summed E-state index contributed by atoms with van der Waals surface area (Å²) in [7, 11) is 0. The van der Waals surface area contributed by atoms with E-state index >= 15 is 0 Å². The maximum Gasteiger partial charge on any atom is 0.387 e. The van der Waals surface area contributed by atoms with Gasteiger partial charge < -0.3 is 10.1 Å². The summed E-state index contributed by atoms with van der Waals surface area (Å²) >= 11 is 0. The minimum atomic E-state index is -2.85. The third kappa shape index (κ3) is 4.49. The van der Waals surface area contributed by atoms with Crippen LogP contribution in [0, 0.1) is 5.82 Å². The first-order chi connectivity index (χ1) is 10.6. The van der Waals surface area contributed by atoms with Crippen molar-refractivity contribution in [3.05, 3.63) is 65.5 Å². The molecule has 1 unspecified atom stereocenters. The van der Waals surface area contributed by atoms with E-state index in [1.165, 1.54) is 18.2 Å². The second-order valence-electron chi connectivity index (χ2n) is 4.88. The molecule has 22 heavy (non-hydrogen) atoms. The van der Waals surface area contributed by atoms with Gasteiger partial charge in [-0.15, -0.1) is 0 Å². The highest BCUT2D eigenvalue weighted by Gasteiger charge is 2.12. The highest BCUT2D eigenvalue weighted by molar-refractivity contribution is 5.33. The molecule has 0 aliphatic carbocycles. The van der Waals surface area contributed by atoms with Crippen molar-refractivity contribution in [2.24, 2.45) is 0 Å². The van der Waals surface area contributed by atoms with Gasteiger partial charge in [-0.05, 0) is 30.2 Å². The highest BCUT2D eigenvalue weighted by Crippen LogP contribution is 2.22. The largest absolute Gasteiger partial charge is 0.434 e. The van der Waals surface area contributed by atoms with Gasteiger partial charge in [-0.2, -0.15) is 8.78 Å². The Morgan fingerprint density at radius 3 is 2.36 bits per heavy atom. The monoisotopic (exact) mass is 309 g/mol. The number of hydrogen-bond acceptors (Lipinski definition) is 2. The molecule has 0 spiro atoms. The average Bonchev–Trinajstić information content (AvgIpc) is 2.50. The molecule has 2 aromatic carbocycles. The van der Waals surface area contributed by atoms with Crippen LogP contribution in [0.4, 0.5) is 13.2 Å². The summed E-state index contributed by atoms with van der Waals surface area (Å²) in [6, 6.07) is 13.0.